The van der Waals surface area contributed by atoms with Gasteiger partial charge in [-0.05, 0) is 44.5 Å². The summed E-state index contributed by atoms with van der Waals surface area (Å²) in [7, 11) is 2.21. The lowest BCUT2D eigenvalue weighted by molar-refractivity contribution is 0.111. The van der Waals surface area contributed by atoms with Crippen molar-refractivity contribution >= 4 is 11.3 Å². The Hall–Kier alpha value is -1.60. The van der Waals surface area contributed by atoms with Crippen LogP contribution >= 0.6 is 11.3 Å². The minimum absolute atomic E-state index is 0.253. The first-order valence-electron chi connectivity index (χ1n) is 10.8. The number of hydrogen-bond acceptors (Lipinski definition) is 6. The lowest BCUT2D eigenvalue weighted by atomic mass is 10.1. The molecule has 0 saturated carbocycles. The van der Waals surface area contributed by atoms with E-state index < -0.39 is 0 Å². The molecule has 0 radical (unpaired) electrons. The quantitative estimate of drug-likeness (QED) is 0.714. The Kier molecular flexibility index (Phi) is 6.75. The fourth-order valence-corrected chi connectivity index (χ4v) is 5.14. The molecule has 158 valence electrons. The normalized spacial score (nSPS) is 21.0. The summed E-state index contributed by atoms with van der Waals surface area (Å²) in [6.07, 6.45) is 1.22. The Labute approximate surface area is 178 Å². The fourth-order valence-electron chi connectivity index (χ4n) is 4.28. The van der Waals surface area contributed by atoms with E-state index in [4.69, 9.17) is 9.47 Å². The van der Waals surface area contributed by atoms with Crippen LogP contribution in [0.4, 0.5) is 0 Å². The van der Waals surface area contributed by atoms with E-state index in [1.807, 2.05) is 18.3 Å². The van der Waals surface area contributed by atoms with Gasteiger partial charge >= 0.3 is 0 Å². The predicted molar refractivity (Wildman–Crippen MR) is 119 cm³/mol. The van der Waals surface area contributed by atoms with E-state index in [2.05, 4.69) is 58.7 Å². The third-order valence-electron chi connectivity index (χ3n) is 5.88. The van der Waals surface area contributed by atoms with Crippen molar-refractivity contribution in [1.29, 1.82) is 0 Å². The lowest BCUT2D eigenvalue weighted by Gasteiger charge is -2.37. The van der Waals surface area contributed by atoms with E-state index >= 15 is 0 Å². The zero-order valence-electron chi connectivity index (χ0n) is 17.8. The van der Waals surface area contributed by atoms with E-state index in [1.165, 1.54) is 16.0 Å². The highest BCUT2D eigenvalue weighted by Crippen LogP contribution is 2.35. The molecule has 29 heavy (non-hydrogen) atoms. The number of likely N-dealkylation sites (N-methyl/N-ethyl adjacent to an activating group) is 1. The van der Waals surface area contributed by atoms with Gasteiger partial charge in [0.1, 0.15) is 17.6 Å². The molecule has 1 aromatic heterocycles. The molecule has 5 nitrogen and oxygen atoms in total. The maximum Gasteiger partial charge on any atom is 0.124 e. The van der Waals surface area contributed by atoms with Gasteiger partial charge in [0.15, 0.2) is 0 Å². The van der Waals surface area contributed by atoms with Gasteiger partial charge in [0.05, 0.1) is 12.6 Å². The van der Waals surface area contributed by atoms with Gasteiger partial charge < -0.3 is 19.7 Å². The second-order valence-electron chi connectivity index (χ2n) is 8.13. The van der Waals surface area contributed by atoms with Crippen molar-refractivity contribution in [3.8, 4) is 11.5 Å². The van der Waals surface area contributed by atoms with Crippen LogP contribution in [0.15, 0.2) is 29.6 Å². The molecule has 2 aromatic rings. The number of benzene rings is 1. The van der Waals surface area contributed by atoms with Crippen molar-refractivity contribution < 1.29 is 9.47 Å². The van der Waals surface area contributed by atoms with Gasteiger partial charge in [0.25, 0.3) is 0 Å². The Morgan fingerprint density at radius 2 is 2.10 bits per heavy atom. The van der Waals surface area contributed by atoms with Crippen LogP contribution < -0.4 is 14.8 Å². The van der Waals surface area contributed by atoms with Gasteiger partial charge in [-0.25, -0.2) is 0 Å². The number of ether oxygens (including phenoxy) is 2. The SMILES string of the molecule is CCOc1cc2c(cc1CNCC(c1cccs1)N1CCN(C)CC1)OC(C)C2. The molecule has 4 rings (SSSR count). The maximum atomic E-state index is 5.98. The van der Waals surface area contributed by atoms with Crippen LogP contribution in [-0.2, 0) is 13.0 Å². The maximum absolute atomic E-state index is 5.98. The molecule has 2 aliphatic heterocycles. The molecule has 6 heteroatoms. The average molecular weight is 416 g/mol. The third kappa shape index (κ3) is 4.94. The predicted octanol–water partition coefficient (Wildman–Crippen LogP) is 3.55. The fraction of sp³-hybridized carbons (Fsp3) is 0.565. The minimum atomic E-state index is 0.253. The highest BCUT2D eigenvalue weighted by Gasteiger charge is 2.25. The van der Waals surface area contributed by atoms with Crippen molar-refractivity contribution in [2.24, 2.45) is 0 Å². The summed E-state index contributed by atoms with van der Waals surface area (Å²) in [5.41, 5.74) is 2.45. The largest absolute Gasteiger partial charge is 0.494 e. The van der Waals surface area contributed by atoms with Crippen LogP contribution in [0.25, 0.3) is 0 Å². The molecule has 0 amide bonds. The third-order valence-corrected chi connectivity index (χ3v) is 6.86. The summed E-state index contributed by atoms with van der Waals surface area (Å²) >= 11 is 1.86. The number of nitrogens with one attached hydrogen (secondary N) is 1. The molecule has 2 unspecified atom stereocenters. The lowest BCUT2D eigenvalue weighted by Crippen LogP contribution is -2.47. The van der Waals surface area contributed by atoms with Crippen molar-refractivity contribution in [2.75, 3.05) is 46.4 Å². The summed E-state index contributed by atoms with van der Waals surface area (Å²) in [5.74, 6) is 2.01. The topological polar surface area (TPSA) is 37.0 Å². The van der Waals surface area contributed by atoms with E-state index in [0.717, 1.165) is 57.2 Å². The Bertz CT molecular complexity index is 788. The molecule has 1 saturated heterocycles. The van der Waals surface area contributed by atoms with Gasteiger partial charge in [0.2, 0.25) is 0 Å². The van der Waals surface area contributed by atoms with Crippen LogP contribution in [0.3, 0.4) is 0 Å². The molecule has 2 atom stereocenters. The second-order valence-corrected chi connectivity index (χ2v) is 9.11. The molecule has 2 aliphatic rings. The first-order valence-corrected chi connectivity index (χ1v) is 11.6. The van der Waals surface area contributed by atoms with Crippen molar-refractivity contribution in [2.45, 2.75) is 39.0 Å². The van der Waals surface area contributed by atoms with E-state index in [9.17, 15) is 0 Å². The summed E-state index contributed by atoms with van der Waals surface area (Å²) in [4.78, 5) is 6.48. The molecule has 0 aliphatic carbocycles. The summed E-state index contributed by atoms with van der Waals surface area (Å²) < 4.78 is 11.9. The number of hydrogen-bond donors (Lipinski definition) is 1. The van der Waals surface area contributed by atoms with Crippen molar-refractivity contribution in [1.82, 2.24) is 15.1 Å². The van der Waals surface area contributed by atoms with Crippen molar-refractivity contribution in [3.05, 3.63) is 45.6 Å². The Balaban J connectivity index is 1.44. The monoisotopic (exact) mass is 415 g/mol. The molecule has 0 bridgehead atoms. The molecule has 1 N–H and O–H groups in total. The smallest absolute Gasteiger partial charge is 0.124 e. The number of fused-ring (bicyclic) bond motifs is 1. The summed E-state index contributed by atoms with van der Waals surface area (Å²) in [5, 5.41) is 5.90. The Morgan fingerprint density at radius 3 is 2.83 bits per heavy atom. The van der Waals surface area contributed by atoms with Gasteiger partial charge in [-0.15, -0.1) is 11.3 Å². The molecule has 3 heterocycles. The summed E-state index contributed by atoms with van der Waals surface area (Å²) in [6, 6.07) is 9.20. The minimum Gasteiger partial charge on any atom is -0.494 e. The first kappa shape index (κ1) is 20.7. The average Bonchev–Trinajstić information content (AvgIpc) is 3.35. The highest BCUT2D eigenvalue weighted by molar-refractivity contribution is 7.10. The van der Waals surface area contributed by atoms with Crippen LogP contribution in [0, 0.1) is 0 Å². The standard InChI is InChI=1S/C23H33N3O2S/c1-4-27-21-13-18-12-17(2)28-22(18)14-19(21)15-24-16-20(23-6-5-11-29-23)26-9-7-25(3)8-10-26/h5-6,11,13-14,17,20,24H,4,7-10,12,15-16H2,1-3H3. The van der Waals surface area contributed by atoms with E-state index in [-0.39, 0.29) is 6.10 Å². The highest BCUT2D eigenvalue weighted by atomic mass is 32.1. The van der Waals surface area contributed by atoms with Crippen LogP contribution in [0.1, 0.15) is 35.9 Å². The first-order chi connectivity index (χ1) is 14.1. The molecule has 1 fully saturated rings. The van der Waals surface area contributed by atoms with Crippen molar-refractivity contribution in [3.63, 3.8) is 0 Å². The summed E-state index contributed by atoms with van der Waals surface area (Å²) in [6.45, 7) is 11.1. The molecular weight excluding hydrogens is 382 g/mol. The van der Waals surface area contributed by atoms with E-state index in [0.29, 0.717) is 12.6 Å². The van der Waals surface area contributed by atoms with Gasteiger partial charge in [-0.1, -0.05) is 6.07 Å². The number of thiophene rings is 1. The van der Waals surface area contributed by atoms with Gasteiger partial charge in [0, 0.05) is 61.7 Å². The van der Waals surface area contributed by atoms with Crippen LogP contribution in [-0.4, -0.2) is 62.3 Å². The zero-order valence-corrected chi connectivity index (χ0v) is 18.6. The molecular formula is C23H33N3O2S. The second kappa shape index (κ2) is 9.47. The zero-order chi connectivity index (χ0) is 20.2. The number of piperazine rings is 1. The molecule has 0 spiro atoms. The van der Waals surface area contributed by atoms with E-state index in [1.54, 1.807) is 0 Å². The van der Waals surface area contributed by atoms with Gasteiger partial charge in [-0.3, -0.25) is 4.90 Å². The Morgan fingerprint density at radius 1 is 1.28 bits per heavy atom. The molecule has 1 aromatic carbocycles. The van der Waals surface area contributed by atoms with Crippen LogP contribution in [0.5, 0.6) is 11.5 Å². The van der Waals surface area contributed by atoms with Crippen LogP contribution in [0.2, 0.25) is 0 Å². The number of nitrogens with zero attached hydrogens (tertiary/aromatic N) is 2. The van der Waals surface area contributed by atoms with Gasteiger partial charge in [-0.2, -0.15) is 0 Å². The number of rotatable bonds is 8.